The van der Waals surface area contributed by atoms with Crippen molar-refractivity contribution in [1.82, 2.24) is 9.55 Å². The average molecular weight is 244 g/mol. The molecule has 3 N–H and O–H groups in total. The Morgan fingerprint density at radius 3 is 2.69 bits per heavy atom. The second-order valence-electron chi connectivity index (χ2n) is 3.61. The number of nitrogens with one attached hydrogen (secondary N) is 1. The van der Waals surface area contributed by atoms with Crippen molar-refractivity contribution in [3.05, 3.63) is 33.1 Å². The van der Waals surface area contributed by atoms with Crippen molar-refractivity contribution in [3.63, 3.8) is 0 Å². The monoisotopic (exact) mass is 244 g/mol. The molecule has 1 aliphatic heterocycles. The summed E-state index contributed by atoms with van der Waals surface area (Å²) in [6.07, 6.45) is 1.41. The van der Waals surface area contributed by atoms with E-state index in [-0.39, 0.29) is 29.8 Å². The van der Waals surface area contributed by atoms with E-state index >= 15 is 0 Å². The van der Waals surface area contributed by atoms with Crippen LogP contribution >= 0.6 is 11.8 Å². The van der Waals surface area contributed by atoms with Crippen LogP contribution in [-0.4, -0.2) is 38.2 Å². The SMILES string of the molecule is O=c1ccn([C@@H]2S[C@H](CO)[C@H]2CO)c(=O)[nH]1. The maximum Gasteiger partial charge on any atom is 0.329 e. The number of aliphatic hydroxyl groups is 2. The summed E-state index contributed by atoms with van der Waals surface area (Å²) in [6.45, 7) is -0.112. The number of thioether (sulfide) groups is 1. The third-order valence-corrected chi connectivity index (χ3v) is 4.38. The molecule has 3 atom stereocenters. The fourth-order valence-electron chi connectivity index (χ4n) is 1.76. The number of nitrogens with zero attached hydrogens (tertiary/aromatic N) is 1. The van der Waals surface area contributed by atoms with Crippen molar-refractivity contribution < 1.29 is 10.2 Å². The first kappa shape index (κ1) is 11.4. The van der Waals surface area contributed by atoms with Crippen LogP contribution in [0.3, 0.4) is 0 Å². The molecule has 6 nitrogen and oxygen atoms in total. The summed E-state index contributed by atoms with van der Waals surface area (Å²) >= 11 is 1.41. The third kappa shape index (κ3) is 1.81. The summed E-state index contributed by atoms with van der Waals surface area (Å²) < 4.78 is 1.37. The summed E-state index contributed by atoms with van der Waals surface area (Å²) in [6, 6.07) is 1.27. The van der Waals surface area contributed by atoms with Crippen LogP contribution in [0.5, 0.6) is 0 Å². The maximum atomic E-state index is 11.5. The van der Waals surface area contributed by atoms with Crippen molar-refractivity contribution in [3.8, 4) is 0 Å². The van der Waals surface area contributed by atoms with Crippen LogP contribution in [0.25, 0.3) is 0 Å². The Labute approximate surface area is 94.9 Å². The number of hydrogen-bond donors (Lipinski definition) is 3. The van der Waals surface area contributed by atoms with Crippen molar-refractivity contribution in [2.45, 2.75) is 10.6 Å². The van der Waals surface area contributed by atoms with Crippen molar-refractivity contribution in [1.29, 1.82) is 0 Å². The maximum absolute atomic E-state index is 11.5. The second kappa shape index (κ2) is 4.44. The lowest BCUT2D eigenvalue weighted by molar-refractivity contribution is 0.155. The molecule has 1 aliphatic rings. The lowest BCUT2D eigenvalue weighted by atomic mass is 10.0. The molecular weight excluding hydrogens is 232 g/mol. The highest BCUT2D eigenvalue weighted by molar-refractivity contribution is 8.01. The van der Waals surface area contributed by atoms with Gasteiger partial charge in [0.1, 0.15) is 0 Å². The second-order valence-corrected chi connectivity index (χ2v) is 4.97. The topological polar surface area (TPSA) is 95.3 Å². The van der Waals surface area contributed by atoms with Gasteiger partial charge in [-0.25, -0.2) is 4.79 Å². The zero-order valence-electron chi connectivity index (χ0n) is 8.37. The lowest BCUT2D eigenvalue weighted by Gasteiger charge is -2.42. The largest absolute Gasteiger partial charge is 0.396 e. The molecule has 0 aliphatic carbocycles. The molecule has 2 rings (SSSR count). The van der Waals surface area contributed by atoms with Gasteiger partial charge in [-0.2, -0.15) is 0 Å². The zero-order chi connectivity index (χ0) is 11.7. The standard InChI is InChI=1S/C9H12N2O4S/c12-3-5-6(4-13)16-8(5)11-2-1-7(14)10-9(11)15/h1-2,5-6,8,12-13H,3-4H2,(H,10,14,15)/t5-,6-,8-/m1/s1. The van der Waals surface area contributed by atoms with E-state index in [1.807, 2.05) is 0 Å². The molecule has 0 aromatic carbocycles. The van der Waals surface area contributed by atoms with Gasteiger partial charge in [-0.15, -0.1) is 11.8 Å². The van der Waals surface area contributed by atoms with Crippen LogP contribution in [-0.2, 0) is 0 Å². The van der Waals surface area contributed by atoms with Crippen LogP contribution in [0.4, 0.5) is 0 Å². The van der Waals surface area contributed by atoms with Crippen molar-refractivity contribution >= 4 is 11.8 Å². The van der Waals surface area contributed by atoms with Crippen LogP contribution in [0.15, 0.2) is 21.9 Å². The summed E-state index contributed by atoms with van der Waals surface area (Å²) in [5, 5.41) is 17.9. The van der Waals surface area contributed by atoms with Gasteiger partial charge < -0.3 is 10.2 Å². The van der Waals surface area contributed by atoms with Gasteiger partial charge in [0.2, 0.25) is 0 Å². The molecular formula is C9H12N2O4S. The fraction of sp³-hybridized carbons (Fsp3) is 0.556. The van der Waals surface area contributed by atoms with Gasteiger partial charge in [-0.05, 0) is 0 Å². The van der Waals surface area contributed by atoms with E-state index in [4.69, 9.17) is 10.2 Å². The van der Waals surface area contributed by atoms with Crippen LogP contribution in [0.2, 0.25) is 0 Å². The van der Waals surface area contributed by atoms with Crippen molar-refractivity contribution in [2.24, 2.45) is 5.92 Å². The van der Waals surface area contributed by atoms with Crippen LogP contribution in [0, 0.1) is 5.92 Å². The Balaban J connectivity index is 2.26. The molecule has 0 radical (unpaired) electrons. The molecule has 1 saturated heterocycles. The quantitative estimate of drug-likeness (QED) is 0.617. The van der Waals surface area contributed by atoms with E-state index in [9.17, 15) is 9.59 Å². The molecule has 1 fully saturated rings. The first-order chi connectivity index (χ1) is 7.67. The first-order valence-corrected chi connectivity index (χ1v) is 5.80. The molecule has 1 aromatic heterocycles. The van der Waals surface area contributed by atoms with Gasteiger partial charge in [0.15, 0.2) is 0 Å². The number of H-pyrrole nitrogens is 1. The Hall–Kier alpha value is -1.05. The summed E-state index contributed by atoms with van der Waals surface area (Å²) in [5.41, 5.74) is -0.926. The van der Waals surface area contributed by atoms with E-state index in [1.54, 1.807) is 0 Å². The Morgan fingerprint density at radius 2 is 2.12 bits per heavy atom. The highest BCUT2D eigenvalue weighted by Crippen LogP contribution is 2.48. The molecule has 0 amide bonds. The minimum Gasteiger partial charge on any atom is -0.396 e. The molecule has 88 valence electrons. The highest BCUT2D eigenvalue weighted by atomic mass is 32.2. The molecule has 16 heavy (non-hydrogen) atoms. The normalized spacial score (nSPS) is 28.8. The van der Waals surface area contributed by atoms with Gasteiger partial charge in [0.05, 0.1) is 12.0 Å². The number of hydrogen-bond acceptors (Lipinski definition) is 5. The van der Waals surface area contributed by atoms with E-state index in [1.165, 1.54) is 28.6 Å². The summed E-state index contributed by atoms with van der Waals surface area (Å²) in [5.74, 6) is -0.154. The van der Waals surface area contributed by atoms with E-state index in [0.717, 1.165) is 0 Å². The van der Waals surface area contributed by atoms with Gasteiger partial charge in [0, 0.05) is 30.0 Å². The van der Waals surface area contributed by atoms with E-state index in [0.29, 0.717) is 0 Å². The zero-order valence-corrected chi connectivity index (χ0v) is 9.18. The predicted octanol–water partition coefficient (Wildman–Crippen LogP) is -1.25. The molecule has 0 saturated carbocycles. The summed E-state index contributed by atoms with van der Waals surface area (Å²) in [4.78, 5) is 24.5. The number of rotatable bonds is 3. The van der Waals surface area contributed by atoms with E-state index < -0.39 is 11.2 Å². The molecule has 2 heterocycles. The molecule has 0 bridgehead atoms. The number of aliphatic hydroxyl groups excluding tert-OH is 2. The average Bonchev–Trinajstić information content (AvgIpc) is 2.21. The smallest absolute Gasteiger partial charge is 0.329 e. The molecule has 7 heteroatoms. The van der Waals surface area contributed by atoms with Crippen LogP contribution < -0.4 is 11.2 Å². The first-order valence-electron chi connectivity index (χ1n) is 4.86. The van der Waals surface area contributed by atoms with Crippen LogP contribution in [0.1, 0.15) is 5.37 Å². The Kier molecular flexibility index (Phi) is 3.17. The Morgan fingerprint density at radius 1 is 1.38 bits per heavy atom. The Bertz CT molecular complexity index is 483. The molecule has 0 unspecified atom stereocenters. The number of aromatic amines is 1. The lowest BCUT2D eigenvalue weighted by Crippen LogP contribution is -2.46. The molecule has 0 spiro atoms. The van der Waals surface area contributed by atoms with Crippen molar-refractivity contribution in [2.75, 3.05) is 13.2 Å². The van der Waals surface area contributed by atoms with E-state index in [2.05, 4.69) is 4.98 Å². The third-order valence-electron chi connectivity index (χ3n) is 2.67. The van der Waals surface area contributed by atoms with Gasteiger partial charge >= 0.3 is 5.69 Å². The molecule has 1 aromatic rings. The highest BCUT2D eigenvalue weighted by Gasteiger charge is 2.42. The van der Waals surface area contributed by atoms with Gasteiger partial charge in [-0.1, -0.05) is 0 Å². The number of aromatic nitrogens is 2. The predicted molar refractivity (Wildman–Crippen MR) is 59.4 cm³/mol. The fourth-order valence-corrected chi connectivity index (χ4v) is 3.14. The minimum atomic E-state index is -0.486. The summed E-state index contributed by atoms with van der Waals surface area (Å²) in [7, 11) is 0. The van der Waals surface area contributed by atoms with Gasteiger partial charge in [0.25, 0.3) is 5.56 Å². The minimum absolute atomic E-state index is 0.0233. The van der Waals surface area contributed by atoms with Gasteiger partial charge in [-0.3, -0.25) is 14.3 Å².